The van der Waals surface area contributed by atoms with Crippen molar-refractivity contribution in [3.8, 4) is 5.75 Å². The molecule has 3 aliphatic carbocycles. The Morgan fingerprint density at radius 3 is 2.62 bits per heavy atom. The van der Waals surface area contributed by atoms with Gasteiger partial charge in [0.25, 0.3) is 0 Å². The fourth-order valence-electron chi connectivity index (χ4n) is 5.47. The number of hydrogen-bond acceptors (Lipinski definition) is 2. The normalized spacial score (nSPS) is 37.4. The molecule has 2 nitrogen and oxygen atoms in total. The summed E-state index contributed by atoms with van der Waals surface area (Å²) in [5.74, 6) is 4.73. The molecule has 0 heterocycles. The summed E-state index contributed by atoms with van der Waals surface area (Å²) in [5.41, 5.74) is 0.783. The zero-order valence-corrected chi connectivity index (χ0v) is 12.8. The predicted molar refractivity (Wildman–Crippen MR) is 80.8 cm³/mol. The Kier molecular flexibility index (Phi) is 3.21. The topological polar surface area (TPSA) is 21.3 Å². The molecule has 1 N–H and O–H groups in total. The lowest BCUT2D eigenvalue weighted by Crippen LogP contribution is -2.32. The van der Waals surface area contributed by atoms with Gasteiger partial charge in [-0.25, -0.2) is 4.39 Å². The molecular weight excluding hydrogens is 265 g/mol. The number of rotatable bonds is 5. The van der Waals surface area contributed by atoms with E-state index < -0.39 is 0 Å². The lowest BCUT2D eigenvalue weighted by atomic mass is 9.93. The first-order valence-electron chi connectivity index (χ1n) is 8.23. The quantitative estimate of drug-likeness (QED) is 0.898. The Labute approximate surface area is 126 Å². The summed E-state index contributed by atoms with van der Waals surface area (Å²) in [4.78, 5) is 0. The minimum atomic E-state index is -0.186. The van der Waals surface area contributed by atoms with E-state index in [2.05, 4.69) is 5.32 Å². The fraction of sp³-hybridized carbons (Fsp3) is 0.667. The average molecular weight is 289 g/mol. The first kappa shape index (κ1) is 13.6. The van der Waals surface area contributed by atoms with Gasteiger partial charge in [0.05, 0.1) is 7.11 Å². The van der Waals surface area contributed by atoms with Crippen molar-refractivity contribution in [1.82, 2.24) is 5.32 Å². The minimum absolute atomic E-state index is 0.186. The molecule has 1 aromatic carbocycles. The van der Waals surface area contributed by atoms with Crippen molar-refractivity contribution in [3.63, 3.8) is 0 Å². The van der Waals surface area contributed by atoms with Gasteiger partial charge >= 0.3 is 0 Å². The zero-order chi connectivity index (χ0) is 14.6. The van der Waals surface area contributed by atoms with Crippen molar-refractivity contribution in [3.05, 3.63) is 29.6 Å². The van der Waals surface area contributed by atoms with E-state index in [9.17, 15) is 4.39 Å². The lowest BCUT2D eigenvalue weighted by Gasteiger charge is -2.20. The van der Waals surface area contributed by atoms with Crippen LogP contribution >= 0.6 is 0 Å². The van der Waals surface area contributed by atoms with Crippen LogP contribution in [-0.4, -0.2) is 20.2 Å². The largest absolute Gasteiger partial charge is 0.494 e. The van der Waals surface area contributed by atoms with Crippen molar-refractivity contribution >= 4 is 0 Å². The monoisotopic (exact) mass is 289 g/mol. The first-order valence-corrected chi connectivity index (χ1v) is 8.23. The maximum Gasteiger partial charge on any atom is 0.168 e. The van der Waals surface area contributed by atoms with Crippen LogP contribution in [0.1, 0.15) is 24.8 Å². The summed E-state index contributed by atoms with van der Waals surface area (Å²) in [6, 6.07) is 5.89. The summed E-state index contributed by atoms with van der Waals surface area (Å²) < 4.78 is 19.5. The van der Waals surface area contributed by atoms with Gasteiger partial charge < -0.3 is 10.1 Å². The molecule has 0 saturated heterocycles. The highest BCUT2D eigenvalue weighted by Gasteiger charge is 2.66. The average Bonchev–Trinajstić information content (AvgIpc) is 2.92. The van der Waals surface area contributed by atoms with Crippen LogP contribution in [0.5, 0.6) is 5.75 Å². The predicted octanol–water partition coefficient (Wildman–Crippen LogP) is 3.26. The second kappa shape index (κ2) is 4.98. The molecule has 0 spiro atoms. The highest BCUT2D eigenvalue weighted by molar-refractivity contribution is 5.32. The van der Waals surface area contributed by atoms with E-state index in [1.807, 2.05) is 19.2 Å². The van der Waals surface area contributed by atoms with Gasteiger partial charge in [-0.1, -0.05) is 12.1 Å². The van der Waals surface area contributed by atoms with E-state index in [1.165, 1.54) is 26.4 Å². The summed E-state index contributed by atoms with van der Waals surface area (Å²) in [6.45, 7) is 0. The minimum Gasteiger partial charge on any atom is -0.494 e. The van der Waals surface area contributed by atoms with E-state index in [0.717, 1.165) is 41.6 Å². The van der Waals surface area contributed by atoms with E-state index in [1.54, 1.807) is 6.07 Å². The zero-order valence-electron chi connectivity index (χ0n) is 12.8. The SMILES string of the molecule is CNC(Cc1cccc(OC)c1F)C1C2C3CCC(C3)C21. The van der Waals surface area contributed by atoms with Crippen molar-refractivity contribution in [2.24, 2.45) is 29.6 Å². The molecule has 5 atom stereocenters. The third kappa shape index (κ3) is 2.01. The van der Waals surface area contributed by atoms with Crippen molar-refractivity contribution < 1.29 is 9.13 Å². The number of methoxy groups -OCH3 is 1. The molecular formula is C18H24FNO. The van der Waals surface area contributed by atoms with Gasteiger partial charge in [-0.15, -0.1) is 0 Å². The Morgan fingerprint density at radius 2 is 2.00 bits per heavy atom. The van der Waals surface area contributed by atoms with Crippen molar-refractivity contribution in [2.45, 2.75) is 31.7 Å². The summed E-state index contributed by atoms with van der Waals surface area (Å²) in [5, 5.41) is 3.47. The van der Waals surface area contributed by atoms with Gasteiger partial charge in [-0.2, -0.15) is 0 Å². The van der Waals surface area contributed by atoms with Crippen LogP contribution in [-0.2, 0) is 6.42 Å². The van der Waals surface area contributed by atoms with Crippen LogP contribution in [0.2, 0.25) is 0 Å². The first-order chi connectivity index (χ1) is 10.2. The Bertz CT molecular complexity index is 530. The Balaban J connectivity index is 1.51. The van der Waals surface area contributed by atoms with Gasteiger partial charge in [-0.05, 0) is 74.0 Å². The number of hydrogen-bond donors (Lipinski definition) is 1. The van der Waals surface area contributed by atoms with Crippen molar-refractivity contribution in [2.75, 3.05) is 14.2 Å². The molecule has 4 rings (SSSR count). The molecule has 1 aromatic rings. The molecule has 3 fully saturated rings. The van der Waals surface area contributed by atoms with E-state index in [0.29, 0.717) is 11.8 Å². The maximum atomic E-state index is 14.4. The second-order valence-electron chi connectivity index (χ2n) is 7.10. The van der Waals surface area contributed by atoms with E-state index >= 15 is 0 Å². The van der Waals surface area contributed by atoms with Gasteiger partial charge in [0.2, 0.25) is 0 Å². The van der Waals surface area contributed by atoms with Crippen LogP contribution in [0.15, 0.2) is 18.2 Å². The summed E-state index contributed by atoms with van der Waals surface area (Å²) >= 11 is 0. The smallest absolute Gasteiger partial charge is 0.168 e. The molecule has 0 aliphatic heterocycles. The molecule has 3 saturated carbocycles. The van der Waals surface area contributed by atoms with Gasteiger partial charge in [-0.3, -0.25) is 0 Å². The maximum absolute atomic E-state index is 14.4. The second-order valence-corrected chi connectivity index (χ2v) is 7.10. The van der Waals surface area contributed by atoms with Crippen LogP contribution in [0, 0.1) is 35.4 Å². The highest BCUT2D eigenvalue weighted by Crippen LogP contribution is 2.70. The van der Waals surface area contributed by atoms with Crippen LogP contribution in [0.3, 0.4) is 0 Å². The van der Waals surface area contributed by atoms with Gasteiger partial charge in [0.1, 0.15) is 0 Å². The number of halogens is 1. The summed E-state index contributed by atoms with van der Waals surface area (Å²) in [6.07, 6.45) is 5.12. The molecule has 21 heavy (non-hydrogen) atoms. The van der Waals surface area contributed by atoms with Crippen LogP contribution < -0.4 is 10.1 Å². The summed E-state index contributed by atoms with van der Waals surface area (Å²) in [7, 11) is 3.55. The third-order valence-corrected chi connectivity index (χ3v) is 6.33. The molecule has 2 bridgehead atoms. The van der Waals surface area contributed by atoms with Crippen LogP contribution in [0.25, 0.3) is 0 Å². The molecule has 3 aliphatic rings. The van der Waals surface area contributed by atoms with E-state index in [-0.39, 0.29) is 5.82 Å². The van der Waals surface area contributed by atoms with Crippen molar-refractivity contribution in [1.29, 1.82) is 0 Å². The molecule has 0 aromatic heterocycles. The van der Waals surface area contributed by atoms with Gasteiger partial charge in [0, 0.05) is 6.04 Å². The third-order valence-electron chi connectivity index (χ3n) is 6.33. The van der Waals surface area contributed by atoms with E-state index in [4.69, 9.17) is 4.74 Å². The molecule has 5 unspecified atom stereocenters. The number of ether oxygens (including phenoxy) is 1. The number of nitrogens with one attached hydrogen (secondary N) is 1. The number of benzene rings is 1. The number of fused-ring (bicyclic) bond motifs is 5. The molecule has 0 amide bonds. The molecule has 114 valence electrons. The van der Waals surface area contributed by atoms with Gasteiger partial charge in [0.15, 0.2) is 11.6 Å². The molecule has 3 heteroatoms. The molecule has 0 radical (unpaired) electrons. The highest BCUT2D eigenvalue weighted by atomic mass is 19.1. The van der Waals surface area contributed by atoms with Crippen LogP contribution in [0.4, 0.5) is 4.39 Å². The number of likely N-dealkylation sites (N-methyl/N-ethyl adjacent to an activating group) is 1. The lowest BCUT2D eigenvalue weighted by molar-refractivity contribution is 0.364. The Morgan fingerprint density at radius 1 is 1.29 bits per heavy atom. The Hall–Kier alpha value is -1.09. The fourth-order valence-corrected chi connectivity index (χ4v) is 5.47. The standard InChI is InChI=1S/C18H24FNO/c1-20-13(9-12-4-3-5-14(21-2)18(12)19)17-15-10-6-7-11(8-10)16(15)17/h3-5,10-11,13,15-17,20H,6-9H2,1-2H3.